The molecule has 112 valence electrons. The maximum atomic E-state index is 5.28. The molecule has 2 aliphatic rings. The Morgan fingerprint density at radius 2 is 2.00 bits per heavy atom. The molecule has 0 radical (unpaired) electrons. The first-order chi connectivity index (χ1) is 9.24. The number of hydrogen-bond donors (Lipinski definition) is 1. The van der Waals surface area contributed by atoms with Crippen LogP contribution in [0, 0.1) is 11.8 Å². The van der Waals surface area contributed by atoms with Gasteiger partial charge >= 0.3 is 0 Å². The van der Waals surface area contributed by atoms with Crippen molar-refractivity contribution in [2.75, 3.05) is 33.4 Å². The molecule has 0 bridgehead atoms. The van der Waals surface area contributed by atoms with Crippen LogP contribution in [0.5, 0.6) is 0 Å². The second kappa shape index (κ2) is 7.61. The zero-order valence-electron chi connectivity index (χ0n) is 13.0. The van der Waals surface area contributed by atoms with Crippen molar-refractivity contribution < 1.29 is 4.74 Å². The summed E-state index contributed by atoms with van der Waals surface area (Å²) in [4.78, 5) is 2.69. The molecule has 0 heterocycles. The zero-order valence-corrected chi connectivity index (χ0v) is 13.0. The zero-order chi connectivity index (χ0) is 13.7. The van der Waals surface area contributed by atoms with E-state index in [4.69, 9.17) is 4.74 Å². The van der Waals surface area contributed by atoms with E-state index in [0.717, 1.165) is 43.6 Å². The monoisotopic (exact) mass is 268 g/mol. The van der Waals surface area contributed by atoms with Crippen LogP contribution >= 0.6 is 0 Å². The third kappa shape index (κ3) is 4.73. The second-order valence-corrected chi connectivity index (χ2v) is 6.56. The van der Waals surface area contributed by atoms with Gasteiger partial charge in [0.2, 0.25) is 0 Å². The number of hydrogen-bond acceptors (Lipinski definition) is 3. The molecule has 3 heteroatoms. The fourth-order valence-electron chi connectivity index (χ4n) is 3.60. The first kappa shape index (κ1) is 15.3. The largest absolute Gasteiger partial charge is 0.383 e. The maximum Gasteiger partial charge on any atom is 0.0589 e. The summed E-state index contributed by atoms with van der Waals surface area (Å²) in [6.07, 6.45) is 6.96. The summed E-state index contributed by atoms with van der Waals surface area (Å²) in [6, 6.07) is 1.60. The number of ether oxygens (including phenoxy) is 1. The van der Waals surface area contributed by atoms with Gasteiger partial charge in [0.15, 0.2) is 0 Å². The summed E-state index contributed by atoms with van der Waals surface area (Å²) >= 11 is 0. The molecular weight excluding hydrogens is 236 g/mol. The summed E-state index contributed by atoms with van der Waals surface area (Å²) < 4.78 is 5.28. The van der Waals surface area contributed by atoms with E-state index in [1.165, 1.54) is 38.6 Å². The Morgan fingerprint density at radius 3 is 2.63 bits per heavy atom. The number of methoxy groups -OCH3 is 1. The highest BCUT2D eigenvalue weighted by Crippen LogP contribution is 2.33. The third-order valence-corrected chi connectivity index (χ3v) is 4.83. The molecule has 2 saturated carbocycles. The van der Waals surface area contributed by atoms with E-state index < -0.39 is 0 Å². The van der Waals surface area contributed by atoms with Gasteiger partial charge in [-0.15, -0.1) is 0 Å². The Morgan fingerprint density at radius 1 is 1.21 bits per heavy atom. The second-order valence-electron chi connectivity index (χ2n) is 6.56. The van der Waals surface area contributed by atoms with Crippen molar-refractivity contribution in [3.8, 4) is 0 Å². The first-order valence-corrected chi connectivity index (χ1v) is 8.21. The summed E-state index contributed by atoms with van der Waals surface area (Å²) in [5, 5.41) is 3.72. The van der Waals surface area contributed by atoms with Crippen molar-refractivity contribution in [2.45, 2.75) is 58.0 Å². The first-order valence-electron chi connectivity index (χ1n) is 8.21. The minimum Gasteiger partial charge on any atom is -0.383 e. The lowest BCUT2D eigenvalue weighted by Crippen LogP contribution is -2.46. The average molecular weight is 268 g/mol. The van der Waals surface area contributed by atoms with Crippen LogP contribution in [-0.2, 0) is 4.74 Å². The van der Waals surface area contributed by atoms with Crippen molar-refractivity contribution in [1.82, 2.24) is 10.2 Å². The molecule has 0 aromatic heterocycles. The van der Waals surface area contributed by atoms with Crippen LogP contribution in [0.3, 0.4) is 0 Å². The Balaban J connectivity index is 1.87. The molecule has 0 aromatic carbocycles. The van der Waals surface area contributed by atoms with Gasteiger partial charge in [0, 0.05) is 32.3 Å². The van der Waals surface area contributed by atoms with E-state index in [9.17, 15) is 0 Å². The van der Waals surface area contributed by atoms with Gasteiger partial charge in [-0.3, -0.25) is 4.90 Å². The van der Waals surface area contributed by atoms with Crippen molar-refractivity contribution >= 4 is 0 Å². The van der Waals surface area contributed by atoms with E-state index in [1.807, 2.05) is 7.11 Å². The Kier molecular flexibility index (Phi) is 6.11. The summed E-state index contributed by atoms with van der Waals surface area (Å²) in [7, 11) is 1.81. The van der Waals surface area contributed by atoms with Crippen molar-refractivity contribution in [3.05, 3.63) is 0 Å². The lowest BCUT2D eigenvalue weighted by molar-refractivity contribution is 0.105. The molecule has 0 amide bonds. The minimum atomic E-state index is 0.741. The summed E-state index contributed by atoms with van der Waals surface area (Å²) in [5.41, 5.74) is 0. The standard InChI is InChI=1S/C16H32N2O/c1-4-17-16-8-5-13(2)11-14(16)12-18(9-10-19-3)15-6-7-15/h13-17H,4-12H2,1-3H3. The third-order valence-electron chi connectivity index (χ3n) is 4.83. The van der Waals surface area contributed by atoms with E-state index in [2.05, 4.69) is 24.1 Å². The molecule has 3 unspecified atom stereocenters. The normalized spacial score (nSPS) is 31.9. The smallest absolute Gasteiger partial charge is 0.0589 e. The Labute approximate surface area is 119 Å². The van der Waals surface area contributed by atoms with Crippen LogP contribution in [0.4, 0.5) is 0 Å². The molecular formula is C16H32N2O. The molecule has 19 heavy (non-hydrogen) atoms. The Hall–Kier alpha value is -0.120. The molecule has 3 nitrogen and oxygen atoms in total. The van der Waals surface area contributed by atoms with Gasteiger partial charge in [0.25, 0.3) is 0 Å². The number of nitrogens with one attached hydrogen (secondary N) is 1. The molecule has 0 aliphatic heterocycles. The minimum absolute atomic E-state index is 0.741. The highest BCUT2D eigenvalue weighted by atomic mass is 16.5. The van der Waals surface area contributed by atoms with Gasteiger partial charge in [-0.25, -0.2) is 0 Å². The van der Waals surface area contributed by atoms with Crippen molar-refractivity contribution in [2.24, 2.45) is 11.8 Å². The fourth-order valence-corrected chi connectivity index (χ4v) is 3.60. The van der Waals surface area contributed by atoms with E-state index in [0.29, 0.717) is 0 Å². The van der Waals surface area contributed by atoms with Gasteiger partial charge in [0.05, 0.1) is 6.61 Å². The van der Waals surface area contributed by atoms with Gasteiger partial charge in [0.1, 0.15) is 0 Å². The SMILES string of the molecule is CCNC1CCC(C)CC1CN(CCOC)C1CC1. The van der Waals surface area contributed by atoms with Crippen molar-refractivity contribution in [1.29, 1.82) is 0 Å². The van der Waals surface area contributed by atoms with Crippen LogP contribution in [0.25, 0.3) is 0 Å². The van der Waals surface area contributed by atoms with E-state index in [1.54, 1.807) is 0 Å². The molecule has 2 aliphatic carbocycles. The van der Waals surface area contributed by atoms with E-state index in [-0.39, 0.29) is 0 Å². The lowest BCUT2D eigenvalue weighted by atomic mass is 9.78. The number of rotatable bonds is 8. The van der Waals surface area contributed by atoms with Crippen LogP contribution in [0.1, 0.15) is 46.0 Å². The van der Waals surface area contributed by atoms with E-state index >= 15 is 0 Å². The lowest BCUT2D eigenvalue weighted by Gasteiger charge is -2.38. The molecule has 3 atom stereocenters. The van der Waals surface area contributed by atoms with Gasteiger partial charge in [-0.05, 0) is 50.5 Å². The van der Waals surface area contributed by atoms with Crippen LogP contribution in [-0.4, -0.2) is 50.3 Å². The predicted octanol–water partition coefficient (Wildman–Crippen LogP) is 2.51. The molecule has 2 rings (SSSR count). The molecule has 0 saturated heterocycles. The molecule has 0 spiro atoms. The fraction of sp³-hybridized carbons (Fsp3) is 1.00. The molecule has 1 N–H and O–H groups in total. The van der Waals surface area contributed by atoms with Crippen LogP contribution in [0.2, 0.25) is 0 Å². The quantitative estimate of drug-likeness (QED) is 0.732. The average Bonchev–Trinajstić information content (AvgIpc) is 3.22. The maximum absolute atomic E-state index is 5.28. The molecule has 2 fully saturated rings. The highest BCUT2D eigenvalue weighted by molar-refractivity contribution is 4.90. The van der Waals surface area contributed by atoms with Crippen molar-refractivity contribution in [3.63, 3.8) is 0 Å². The van der Waals surface area contributed by atoms with Crippen LogP contribution in [0.15, 0.2) is 0 Å². The molecule has 0 aromatic rings. The van der Waals surface area contributed by atoms with Gasteiger partial charge in [-0.2, -0.15) is 0 Å². The summed E-state index contributed by atoms with van der Waals surface area (Å²) in [6.45, 7) is 9.03. The van der Waals surface area contributed by atoms with Crippen LogP contribution < -0.4 is 5.32 Å². The predicted molar refractivity (Wildman–Crippen MR) is 80.4 cm³/mol. The van der Waals surface area contributed by atoms with Gasteiger partial charge in [-0.1, -0.05) is 13.8 Å². The topological polar surface area (TPSA) is 24.5 Å². The summed E-state index contributed by atoms with van der Waals surface area (Å²) in [5.74, 6) is 1.74. The highest BCUT2D eigenvalue weighted by Gasteiger charge is 2.34. The number of nitrogens with zero attached hydrogens (tertiary/aromatic N) is 1. The van der Waals surface area contributed by atoms with Gasteiger partial charge < -0.3 is 10.1 Å². The Bertz CT molecular complexity index is 255.